The summed E-state index contributed by atoms with van der Waals surface area (Å²) in [6.07, 6.45) is 13.4. The van der Waals surface area contributed by atoms with Gasteiger partial charge in [-0.1, -0.05) is 244 Å². The lowest BCUT2D eigenvalue weighted by Crippen LogP contribution is -2.27. The number of fused-ring (bicyclic) bond motifs is 10. The zero-order valence-electron chi connectivity index (χ0n) is 43.6. The second kappa shape index (κ2) is 21.3. The van der Waals surface area contributed by atoms with Gasteiger partial charge >= 0.3 is 0 Å². The summed E-state index contributed by atoms with van der Waals surface area (Å²) in [4.78, 5) is 0. The van der Waals surface area contributed by atoms with Gasteiger partial charge in [0.15, 0.2) is 0 Å². The molecule has 0 N–H and O–H groups in total. The Morgan fingerprint density at radius 3 is 1.74 bits per heavy atom. The fraction of sp³-hybridized carbons (Fsp3) is 0.246. The smallest absolute Gasteiger partial charge is 0.0719 e. The van der Waals surface area contributed by atoms with E-state index in [-0.39, 0.29) is 10.8 Å². The average Bonchev–Trinajstić information content (AvgIpc) is 3.94. The second-order valence-corrected chi connectivity index (χ2v) is 19.0. The Kier molecular flexibility index (Phi) is 15.4. The van der Waals surface area contributed by atoms with Crippen LogP contribution in [0.2, 0.25) is 0 Å². The largest absolute Gasteiger partial charge is 0.0984 e. The van der Waals surface area contributed by atoms with Gasteiger partial charge in [0.1, 0.15) is 0 Å². The van der Waals surface area contributed by atoms with E-state index < -0.39 is 0 Å². The minimum Gasteiger partial charge on any atom is -0.0984 e. The van der Waals surface area contributed by atoms with Crippen molar-refractivity contribution in [2.75, 3.05) is 0 Å². The molecule has 0 amide bonds. The van der Waals surface area contributed by atoms with Crippen LogP contribution in [0.3, 0.4) is 0 Å². The topological polar surface area (TPSA) is 0 Å². The minimum atomic E-state index is -0.138. The van der Waals surface area contributed by atoms with Crippen molar-refractivity contribution in [2.45, 2.75) is 113 Å². The van der Waals surface area contributed by atoms with E-state index in [4.69, 9.17) is 0 Å². The van der Waals surface area contributed by atoms with Crippen molar-refractivity contribution in [3.05, 3.63) is 249 Å². The Bertz CT molecular complexity index is 3150. The Morgan fingerprint density at radius 1 is 0.536 bits per heavy atom. The molecule has 0 radical (unpaired) electrons. The van der Waals surface area contributed by atoms with Gasteiger partial charge < -0.3 is 0 Å². The van der Waals surface area contributed by atoms with E-state index in [2.05, 4.69) is 226 Å². The van der Waals surface area contributed by atoms with Gasteiger partial charge in [0, 0.05) is 5.41 Å². The molecule has 0 heterocycles. The summed E-state index contributed by atoms with van der Waals surface area (Å²) >= 11 is 0. The fourth-order valence-electron chi connectivity index (χ4n) is 11.4. The number of rotatable bonds is 4. The van der Waals surface area contributed by atoms with Gasteiger partial charge in [0.25, 0.3) is 0 Å². The molecule has 4 aliphatic rings. The van der Waals surface area contributed by atoms with Crippen LogP contribution >= 0.6 is 0 Å². The highest BCUT2D eigenvalue weighted by Gasteiger charge is 2.53. The van der Waals surface area contributed by atoms with Crippen LogP contribution in [0.15, 0.2) is 194 Å². The van der Waals surface area contributed by atoms with Gasteiger partial charge in [0.05, 0.1) is 5.41 Å². The summed E-state index contributed by atoms with van der Waals surface area (Å²) in [7, 11) is 0. The Hall–Kier alpha value is -6.76. The van der Waals surface area contributed by atoms with Gasteiger partial charge in [-0.05, 0) is 164 Å². The quantitative estimate of drug-likeness (QED) is 0.165. The molecule has 1 spiro atoms. The highest BCUT2D eigenvalue weighted by atomic mass is 14.5. The van der Waals surface area contributed by atoms with Crippen LogP contribution in [0.4, 0.5) is 0 Å². The number of hydrogen-bond acceptors (Lipinski definition) is 0. The predicted octanol–water partition coefficient (Wildman–Crippen LogP) is 20.1. The molecule has 0 nitrogen and oxygen atoms in total. The van der Waals surface area contributed by atoms with E-state index in [0.717, 1.165) is 17.5 Å². The second-order valence-electron chi connectivity index (χ2n) is 19.0. The van der Waals surface area contributed by atoms with Crippen molar-refractivity contribution in [3.8, 4) is 22.3 Å². The van der Waals surface area contributed by atoms with Crippen molar-refractivity contribution < 1.29 is 0 Å². The van der Waals surface area contributed by atoms with E-state index >= 15 is 0 Å². The zero-order valence-corrected chi connectivity index (χ0v) is 43.6. The first kappa shape index (κ1) is 50.1. The Labute approximate surface area is 416 Å². The van der Waals surface area contributed by atoms with E-state index in [1.165, 1.54) is 106 Å². The van der Waals surface area contributed by atoms with Crippen molar-refractivity contribution >= 4 is 34.1 Å². The van der Waals surface area contributed by atoms with Crippen LogP contribution in [0.25, 0.3) is 56.3 Å². The molecule has 11 rings (SSSR count). The molecule has 0 heteroatoms. The normalized spacial score (nSPS) is 17.4. The molecule has 0 aromatic heterocycles. The van der Waals surface area contributed by atoms with Crippen LogP contribution in [0, 0.1) is 6.92 Å². The van der Waals surface area contributed by atoms with Crippen LogP contribution in [0.5, 0.6) is 0 Å². The molecule has 0 saturated carbocycles. The summed E-state index contributed by atoms with van der Waals surface area (Å²) in [6.45, 7) is 34.1. The molecule has 350 valence electrons. The van der Waals surface area contributed by atoms with Crippen LogP contribution in [0.1, 0.15) is 151 Å². The number of allylic oxidation sites excluding steroid dienone is 8. The maximum absolute atomic E-state index is 4.13. The molecular formula is C69H74. The molecule has 7 aromatic carbocycles. The van der Waals surface area contributed by atoms with Gasteiger partial charge in [-0.2, -0.15) is 0 Å². The zero-order chi connectivity index (χ0) is 49.6. The van der Waals surface area contributed by atoms with Crippen LogP contribution < -0.4 is 0 Å². The monoisotopic (exact) mass is 903 g/mol. The fourth-order valence-corrected chi connectivity index (χ4v) is 11.4. The molecule has 0 bridgehead atoms. The maximum Gasteiger partial charge on any atom is 0.0719 e. The first-order valence-electron chi connectivity index (χ1n) is 25.5. The third-order valence-electron chi connectivity index (χ3n) is 14.6. The summed E-state index contributed by atoms with van der Waals surface area (Å²) in [5.41, 5.74) is 26.0. The van der Waals surface area contributed by atoms with Gasteiger partial charge in [0.2, 0.25) is 0 Å². The predicted molar refractivity (Wildman–Crippen MR) is 306 cm³/mol. The van der Waals surface area contributed by atoms with Crippen LogP contribution in [-0.4, -0.2) is 0 Å². The highest BCUT2D eigenvalue weighted by Crippen LogP contribution is 2.64. The molecule has 1 atom stereocenters. The third kappa shape index (κ3) is 8.69. The molecule has 1 unspecified atom stereocenters. The standard InChI is InChI=1S/C30H26.C26H24.C9H12.2C2H6/c1-6-22-23(7-2)27(17-20-10-8-9-11-24(20)22)21-13-15-26-25-14-12-19(3)16-28(25)30(4,5)29(26)18-21;1-4-18-19-10-6-8-12-23(19)26(22(18)5-2)24-13-9-7-11-20(24)21-15-14-17(3)16-25(21)26;1-8(2)9-6-4-3-5-7-9;2*1-2/h6-18H,1-2H2,3-5H3;4-13,16H,14-15H2,1-3H3;3-8H,1-2H3;2*1-2H3/b;18-4-,22-5+;;;. The summed E-state index contributed by atoms with van der Waals surface area (Å²) < 4.78 is 0. The molecule has 0 saturated heterocycles. The summed E-state index contributed by atoms with van der Waals surface area (Å²) in [5, 5.41) is 2.45. The SMILES string of the molecule is C/C=C1\C(=C/C)C2(C3=C(CCC(C)=C3)c3ccccc32)c2ccccc21.C=Cc1c(-c2ccc3c(c2)C(C)(C)c2cc(C)ccc2-3)cc2ccccc2c1C=C.CC.CC.CC(C)c1ccccc1. The third-order valence-corrected chi connectivity index (χ3v) is 14.6. The Morgan fingerprint density at radius 2 is 1.12 bits per heavy atom. The molecule has 7 aromatic rings. The number of benzene rings is 7. The molecule has 0 aliphatic heterocycles. The first-order chi connectivity index (χ1) is 33.5. The number of aryl methyl sites for hydroxylation is 1. The average molecular weight is 903 g/mol. The summed E-state index contributed by atoms with van der Waals surface area (Å²) in [5.74, 6) is 0.659. The highest BCUT2D eigenvalue weighted by molar-refractivity contribution is 6.02. The summed E-state index contributed by atoms with van der Waals surface area (Å²) in [6, 6.07) is 53.2. The van der Waals surface area contributed by atoms with Crippen molar-refractivity contribution in [2.24, 2.45) is 0 Å². The maximum atomic E-state index is 4.13. The Balaban J connectivity index is 0.000000164. The van der Waals surface area contributed by atoms with Gasteiger partial charge in [-0.15, -0.1) is 0 Å². The van der Waals surface area contributed by atoms with Crippen molar-refractivity contribution in [3.63, 3.8) is 0 Å². The van der Waals surface area contributed by atoms with Gasteiger partial charge in [-0.3, -0.25) is 0 Å². The first-order valence-corrected chi connectivity index (χ1v) is 25.5. The number of hydrogen-bond donors (Lipinski definition) is 0. The van der Waals surface area contributed by atoms with E-state index in [1.807, 2.05) is 45.9 Å². The molecular weight excluding hydrogens is 829 g/mol. The van der Waals surface area contributed by atoms with Crippen molar-refractivity contribution in [1.82, 2.24) is 0 Å². The van der Waals surface area contributed by atoms with E-state index in [9.17, 15) is 0 Å². The van der Waals surface area contributed by atoms with Crippen LogP contribution in [-0.2, 0) is 10.8 Å². The lowest BCUT2D eigenvalue weighted by molar-refractivity contribution is 0.660. The van der Waals surface area contributed by atoms with Gasteiger partial charge in [-0.25, -0.2) is 0 Å². The minimum absolute atomic E-state index is 0.0147. The lowest BCUT2D eigenvalue weighted by atomic mass is 9.68. The van der Waals surface area contributed by atoms with Crippen molar-refractivity contribution in [1.29, 1.82) is 0 Å². The van der Waals surface area contributed by atoms with E-state index in [1.54, 1.807) is 5.57 Å². The molecule has 69 heavy (non-hydrogen) atoms. The molecule has 0 fully saturated rings. The lowest BCUT2D eigenvalue weighted by Gasteiger charge is -2.33. The van der Waals surface area contributed by atoms with E-state index in [0.29, 0.717) is 5.92 Å². The molecule has 4 aliphatic carbocycles.